The Morgan fingerprint density at radius 1 is 0.941 bits per heavy atom. The van der Waals surface area contributed by atoms with E-state index in [1.165, 1.54) is 12.1 Å². The van der Waals surface area contributed by atoms with E-state index in [1.54, 1.807) is 18.3 Å². The summed E-state index contributed by atoms with van der Waals surface area (Å²) in [6, 6.07) is 16.6. The van der Waals surface area contributed by atoms with E-state index in [-0.39, 0.29) is 17.5 Å². The van der Waals surface area contributed by atoms with Crippen LogP contribution >= 0.6 is 0 Å². The van der Waals surface area contributed by atoms with Crippen molar-refractivity contribution in [3.05, 3.63) is 82.2 Å². The van der Waals surface area contributed by atoms with Crippen molar-refractivity contribution >= 4 is 17.3 Å². The number of aromatic nitrogens is 2. The first-order valence-electron chi connectivity index (χ1n) is 11.7. The van der Waals surface area contributed by atoms with Gasteiger partial charge in [0.05, 0.1) is 28.1 Å². The van der Waals surface area contributed by atoms with Crippen LogP contribution in [-0.2, 0) is 0 Å². The second-order valence-corrected chi connectivity index (χ2v) is 8.77. The Morgan fingerprint density at radius 2 is 1.62 bits per heavy atom. The molecule has 2 aromatic carbocycles. The molecule has 2 fully saturated rings. The van der Waals surface area contributed by atoms with E-state index in [2.05, 4.69) is 15.3 Å². The summed E-state index contributed by atoms with van der Waals surface area (Å²) in [4.78, 5) is 28.2. The van der Waals surface area contributed by atoms with Crippen LogP contribution in [0.5, 0.6) is 0 Å². The van der Waals surface area contributed by atoms with E-state index < -0.39 is 4.92 Å². The van der Waals surface area contributed by atoms with Crippen molar-refractivity contribution in [3.8, 4) is 5.69 Å². The maximum atomic E-state index is 13.6. The summed E-state index contributed by atoms with van der Waals surface area (Å²) in [5.74, 6) is 0.309. The number of anilines is 1. The largest absolute Gasteiger partial charge is 0.368 e. The SMILES string of the molecule is O=C(c1cnn(-c2ccccc2)c1C1CCNCC1)N1CCN(c2ccc([N+](=O)[O-])cc2)CC1. The molecule has 5 rings (SSSR count). The van der Waals surface area contributed by atoms with Gasteiger partial charge in [-0.1, -0.05) is 18.2 Å². The number of hydrogen-bond donors (Lipinski definition) is 1. The van der Waals surface area contributed by atoms with Gasteiger partial charge in [0.1, 0.15) is 0 Å². The predicted octanol–water partition coefficient (Wildman–Crippen LogP) is 3.21. The average molecular weight is 461 g/mol. The van der Waals surface area contributed by atoms with Crippen molar-refractivity contribution in [1.82, 2.24) is 20.0 Å². The van der Waals surface area contributed by atoms with Gasteiger partial charge in [0.25, 0.3) is 11.6 Å². The molecule has 0 aliphatic carbocycles. The molecule has 9 heteroatoms. The summed E-state index contributed by atoms with van der Waals surface area (Å²) in [5.41, 5.74) is 3.69. The molecule has 2 aliphatic rings. The molecule has 1 N–H and O–H groups in total. The number of rotatable bonds is 5. The van der Waals surface area contributed by atoms with Crippen molar-refractivity contribution in [1.29, 1.82) is 0 Å². The molecule has 0 atom stereocenters. The minimum atomic E-state index is -0.393. The first kappa shape index (κ1) is 22.1. The van der Waals surface area contributed by atoms with Crippen molar-refractivity contribution in [2.75, 3.05) is 44.2 Å². The van der Waals surface area contributed by atoms with Crippen molar-refractivity contribution in [2.24, 2.45) is 0 Å². The fourth-order valence-corrected chi connectivity index (χ4v) is 4.91. The summed E-state index contributed by atoms with van der Waals surface area (Å²) in [5, 5.41) is 19.0. The molecule has 3 heterocycles. The zero-order valence-corrected chi connectivity index (χ0v) is 19.0. The topological polar surface area (TPSA) is 96.5 Å². The van der Waals surface area contributed by atoms with E-state index in [4.69, 9.17) is 0 Å². The molecule has 2 aliphatic heterocycles. The highest BCUT2D eigenvalue weighted by molar-refractivity contribution is 5.95. The van der Waals surface area contributed by atoms with Gasteiger partial charge in [0, 0.05) is 49.9 Å². The molecule has 176 valence electrons. The number of non-ortho nitro benzene ring substituents is 1. The number of nitrogens with one attached hydrogen (secondary N) is 1. The Balaban J connectivity index is 1.34. The number of hydrogen-bond acceptors (Lipinski definition) is 6. The van der Waals surface area contributed by atoms with E-state index >= 15 is 0 Å². The number of carbonyl (C=O) groups excluding carboxylic acids is 1. The van der Waals surface area contributed by atoms with Gasteiger partial charge in [0.15, 0.2) is 0 Å². The van der Waals surface area contributed by atoms with Gasteiger partial charge in [0.2, 0.25) is 0 Å². The fraction of sp³-hybridized carbons (Fsp3) is 0.360. The third kappa shape index (κ3) is 4.38. The Morgan fingerprint density at radius 3 is 2.26 bits per heavy atom. The lowest BCUT2D eigenvalue weighted by molar-refractivity contribution is -0.384. The van der Waals surface area contributed by atoms with E-state index in [9.17, 15) is 14.9 Å². The van der Waals surface area contributed by atoms with Crippen LogP contribution in [-0.4, -0.2) is 64.8 Å². The molecule has 0 saturated carbocycles. The third-order valence-corrected chi connectivity index (χ3v) is 6.76. The smallest absolute Gasteiger partial charge is 0.269 e. The first-order valence-corrected chi connectivity index (χ1v) is 11.7. The summed E-state index contributed by atoms with van der Waals surface area (Å²) in [7, 11) is 0. The predicted molar refractivity (Wildman–Crippen MR) is 130 cm³/mol. The van der Waals surface area contributed by atoms with Gasteiger partial charge in [-0.05, 0) is 50.2 Å². The molecule has 0 bridgehead atoms. The molecule has 0 spiro atoms. The first-order chi connectivity index (χ1) is 16.6. The summed E-state index contributed by atoms with van der Waals surface area (Å²) < 4.78 is 1.94. The van der Waals surface area contributed by atoms with Crippen LogP contribution in [0.4, 0.5) is 11.4 Å². The quantitative estimate of drug-likeness (QED) is 0.464. The van der Waals surface area contributed by atoms with Gasteiger partial charge in [-0.3, -0.25) is 14.9 Å². The summed E-state index contributed by atoms with van der Waals surface area (Å²) >= 11 is 0. The standard InChI is InChI=1S/C25H28N6O3/c32-25(29-16-14-28(15-17-29)20-6-8-22(9-7-20)31(33)34)23-18-27-30(21-4-2-1-3-5-21)24(23)19-10-12-26-13-11-19/h1-9,18-19,26H,10-17H2. The number of benzene rings is 2. The number of carbonyl (C=O) groups is 1. The fourth-order valence-electron chi connectivity index (χ4n) is 4.91. The zero-order chi connectivity index (χ0) is 23.5. The van der Waals surface area contributed by atoms with E-state index in [1.807, 2.05) is 39.9 Å². The Labute approximate surface area is 198 Å². The normalized spacial score (nSPS) is 17.1. The Hall–Kier alpha value is -3.72. The molecule has 1 aromatic heterocycles. The number of amides is 1. The van der Waals surface area contributed by atoms with Gasteiger partial charge in [-0.25, -0.2) is 4.68 Å². The van der Waals surface area contributed by atoms with Gasteiger partial charge in [-0.15, -0.1) is 0 Å². The van der Waals surface area contributed by atoms with E-state index in [0.29, 0.717) is 31.7 Å². The minimum absolute atomic E-state index is 0.0269. The van der Waals surface area contributed by atoms with E-state index in [0.717, 1.165) is 43.0 Å². The van der Waals surface area contributed by atoms with Crippen LogP contribution in [0.3, 0.4) is 0 Å². The average Bonchev–Trinajstić information content (AvgIpc) is 3.35. The van der Waals surface area contributed by atoms with Crippen LogP contribution < -0.4 is 10.2 Å². The number of nitro groups is 1. The number of para-hydroxylation sites is 1. The maximum Gasteiger partial charge on any atom is 0.269 e. The molecule has 0 unspecified atom stereocenters. The highest BCUT2D eigenvalue weighted by Gasteiger charge is 2.30. The molecule has 3 aromatic rings. The zero-order valence-electron chi connectivity index (χ0n) is 19.0. The third-order valence-electron chi connectivity index (χ3n) is 6.76. The van der Waals surface area contributed by atoms with Crippen LogP contribution in [0.15, 0.2) is 60.8 Å². The number of nitrogens with zero attached hydrogens (tertiary/aromatic N) is 5. The minimum Gasteiger partial charge on any atom is -0.368 e. The highest BCUT2D eigenvalue weighted by Crippen LogP contribution is 2.31. The highest BCUT2D eigenvalue weighted by atomic mass is 16.6. The van der Waals surface area contributed by atoms with Crippen molar-refractivity contribution in [2.45, 2.75) is 18.8 Å². The lowest BCUT2D eigenvalue weighted by Crippen LogP contribution is -2.49. The molecule has 1 amide bonds. The van der Waals surface area contributed by atoms with Crippen LogP contribution in [0, 0.1) is 10.1 Å². The number of piperazine rings is 1. The maximum absolute atomic E-state index is 13.6. The lowest BCUT2D eigenvalue weighted by Gasteiger charge is -2.36. The summed E-state index contributed by atoms with van der Waals surface area (Å²) in [6.45, 7) is 4.42. The van der Waals surface area contributed by atoms with Gasteiger partial charge in [-0.2, -0.15) is 5.10 Å². The van der Waals surface area contributed by atoms with Crippen LogP contribution in [0.2, 0.25) is 0 Å². The molecule has 0 radical (unpaired) electrons. The second-order valence-electron chi connectivity index (χ2n) is 8.77. The van der Waals surface area contributed by atoms with Crippen molar-refractivity contribution in [3.63, 3.8) is 0 Å². The van der Waals surface area contributed by atoms with Gasteiger partial charge >= 0.3 is 0 Å². The Kier molecular flexibility index (Phi) is 6.27. The number of nitro benzene ring substituents is 1. The molecule has 2 saturated heterocycles. The summed E-state index contributed by atoms with van der Waals surface area (Å²) in [6.07, 6.45) is 3.69. The molecular weight excluding hydrogens is 432 g/mol. The molecular formula is C25H28N6O3. The Bertz CT molecular complexity index is 1150. The van der Waals surface area contributed by atoms with Gasteiger partial charge < -0.3 is 15.1 Å². The second kappa shape index (κ2) is 9.64. The van der Waals surface area contributed by atoms with Crippen molar-refractivity contribution < 1.29 is 9.72 Å². The number of piperidine rings is 1. The monoisotopic (exact) mass is 460 g/mol. The molecule has 34 heavy (non-hydrogen) atoms. The van der Waals surface area contributed by atoms with Crippen LogP contribution in [0.1, 0.15) is 34.8 Å². The van der Waals surface area contributed by atoms with Crippen LogP contribution in [0.25, 0.3) is 5.69 Å². The lowest BCUT2D eigenvalue weighted by atomic mass is 9.91. The molecule has 9 nitrogen and oxygen atoms in total.